The number of halogens is 1. The first-order valence-corrected chi connectivity index (χ1v) is 31.1. The van der Waals surface area contributed by atoms with E-state index >= 15 is 0 Å². The lowest BCUT2D eigenvalue weighted by atomic mass is 9.98. The summed E-state index contributed by atoms with van der Waals surface area (Å²) < 4.78 is 11.0. The molecule has 3 aliphatic rings. The van der Waals surface area contributed by atoms with Crippen molar-refractivity contribution in [2.24, 2.45) is 22.4 Å². The first kappa shape index (κ1) is 73.9. The molecule has 0 saturated carbocycles. The summed E-state index contributed by atoms with van der Waals surface area (Å²) in [7, 11) is 1.69. The number of benzene rings is 3. The predicted molar refractivity (Wildman–Crippen MR) is 338 cm³/mol. The van der Waals surface area contributed by atoms with Gasteiger partial charge in [0.05, 0.1) is 49.7 Å². The summed E-state index contributed by atoms with van der Waals surface area (Å²) in [6.07, 6.45) is -7.94. The monoisotopic (exact) mass is 1340 g/mol. The molecule has 4 heterocycles. The maximum atomic E-state index is 14.9. The summed E-state index contributed by atoms with van der Waals surface area (Å²) >= 11 is 1.29. The van der Waals surface area contributed by atoms with Gasteiger partial charge in [0, 0.05) is 81.8 Å². The summed E-state index contributed by atoms with van der Waals surface area (Å²) in [5, 5.41) is 111. The Hall–Kier alpha value is -8.14. The molecule has 7 rings (SSSR count). The van der Waals surface area contributed by atoms with Crippen LogP contribution >= 0.6 is 23.7 Å². The van der Waals surface area contributed by atoms with Gasteiger partial charge in [-0.3, -0.25) is 43.3 Å². The molecule has 3 aliphatic heterocycles. The number of methoxy groups -OCH3 is 1. The van der Waals surface area contributed by atoms with Crippen molar-refractivity contribution in [1.82, 2.24) is 46.6 Å². The van der Waals surface area contributed by atoms with Crippen LogP contribution in [0.1, 0.15) is 87.6 Å². The zero-order valence-electron chi connectivity index (χ0n) is 51.5. The number of amidine groups is 1. The normalized spacial score (nSPS) is 24.6. The number of unbranched alkanes of at least 4 members (excludes halogenated alkanes) is 4. The van der Waals surface area contributed by atoms with E-state index < -0.39 is 183 Å². The third-order valence-electron chi connectivity index (χ3n) is 16.0. The van der Waals surface area contributed by atoms with Gasteiger partial charge in [0.25, 0.3) is 5.91 Å². The molecule has 1 aromatic heterocycles. The lowest BCUT2D eigenvalue weighted by molar-refractivity contribution is -0.147. The van der Waals surface area contributed by atoms with Crippen LogP contribution in [0.4, 0.5) is 0 Å². The fourth-order valence-electron chi connectivity index (χ4n) is 10.9. The van der Waals surface area contributed by atoms with Crippen molar-refractivity contribution in [3.05, 3.63) is 77.9 Å². The van der Waals surface area contributed by atoms with E-state index in [1.54, 1.807) is 19.2 Å². The van der Waals surface area contributed by atoms with Gasteiger partial charge >= 0.3 is 0 Å². The largest absolute Gasteiger partial charge is 0.504 e. The Morgan fingerprint density at radius 2 is 1.34 bits per heavy atom. The number of aliphatic imine (C=N–C) groups is 1. The van der Waals surface area contributed by atoms with Crippen LogP contribution in [0.25, 0.3) is 21.1 Å². The van der Waals surface area contributed by atoms with Gasteiger partial charge < -0.3 is 98.2 Å². The number of rotatable bonds is 23. The number of nitrogens with one attached hydrogen (secondary N) is 5. The van der Waals surface area contributed by atoms with Crippen molar-refractivity contribution in [1.29, 1.82) is 0 Å². The van der Waals surface area contributed by atoms with E-state index in [-0.39, 0.29) is 42.5 Å². The number of aliphatic hydroxyl groups excluding tert-OH is 6. The van der Waals surface area contributed by atoms with Gasteiger partial charge in [0.15, 0.2) is 11.5 Å². The number of fused-ring (bicyclic) bond motifs is 2. The van der Waals surface area contributed by atoms with E-state index in [4.69, 9.17) is 20.9 Å². The topological polar surface area (TPSA) is 474 Å². The van der Waals surface area contributed by atoms with Crippen LogP contribution in [0.2, 0.25) is 0 Å². The fraction of sp³-hybridized carbons (Fsp3) is 0.525. The van der Waals surface area contributed by atoms with E-state index in [1.807, 2.05) is 24.3 Å². The van der Waals surface area contributed by atoms with Gasteiger partial charge in [-0.05, 0) is 80.3 Å². The smallest absolute Gasteiger partial charge is 0.251 e. The lowest BCUT2D eigenvalue weighted by Gasteiger charge is -2.34. The number of nitrogens with zero attached hydrogens (tertiary/aromatic N) is 5. The molecule has 0 unspecified atom stereocenters. The number of phenols is 2. The van der Waals surface area contributed by atoms with E-state index in [2.05, 4.69) is 41.8 Å². The highest BCUT2D eigenvalue weighted by Crippen LogP contribution is 2.32. The molecular weight excluding hydrogens is 1260 g/mol. The van der Waals surface area contributed by atoms with Gasteiger partial charge in [0.1, 0.15) is 57.9 Å². The molecule has 0 bridgehead atoms. The summed E-state index contributed by atoms with van der Waals surface area (Å²) in [6.45, 7) is 1.94. The van der Waals surface area contributed by atoms with Gasteiger partial charge in [-0.2, -0.15) is 0 Å². The molecule has 13 atom stereocenters. The van der Waals surface area contributed by atoms with Gasteiger partial charge in [-0.15, -0.1) is 22.6 Å². The minimum absolute atomic E-state index is 0. The van der Waals surface area contributed by atoms with Crippen LogP contribution in [0.5, 0.6) is 17.2 Å². The quantitative estimate of drug-likeness (QED) is 0.0169. The molecular formula is C61H83ClN12O18S. The Morgan fingerprint density at radius 3 is 1.98 bits per heavy atom. The zero-order chi connectivity index (χ0) is 66.9. The number of β-amino-alcohol motifs (C(OH)–C–C–N with tert-alkyl or cyclic N) is 1. The van der Waals surface area contributed by atoms with E-state index in [9.17, 15) is 79.2 Å². The number of aliphatic hydroxyl groups is 6. The van der Waals surface area contributed by atoms with Crippen LogP contribution in [-0.2, 0) is 44.7 Å². The number of nitrogens with two attached hydrogens (primary N) is 2. The molecule has 0 aliphatic carbocycles. The number of carbonyl (C=O) groups excluding carboxylic acids is 8. The van der Waals surface area contributed by atoms with Crippen molar-refractivity contribution < 1.29 is 88.7 Å². The highest BCUT2D eigenvalue weighted by molar-refractivity contribution is 7.17. The van der Waals surface area contributed by atoms with Crippen molar-refractivity contribution in [3.63, 3.8) is 0 Å². The number of carbonyl (C=O) groups is 8. The summed E-state index contributed by atoms with van der Waals surface area (Å²) in [6, 6.07) is 5.53. The van der Waals surface area contributed by atoms with Crippen LogP contribution < -0.4 is 42.8 Å². The molecule has 30 nitrogen and oxygen atoms in total. The predicted octanol–water partition coefficient (Wildman–Crippen LogP) is -1.75. The second kappa shape index (κ2) is 34.7. The first-order valence-electron chi connectivity index (χ1n) is 30.3. The Balaban J connectivity index is 0.0000137. The minimum atomic E-state index is -2.14. The third-order valence-corrected chi connectivity index (χ3v) is 17.0. The maximum absolute atomic E-state index is 14.9. The number of ether oxygens (including phenoxy) is 2. The molecule has 0 spiro atoms. The van der Waals surface area contributed by atoms with E-state index in [0.29, 0.717) is 27.9 Å². The Kier molecular flexibility index (Phi) is 27.6. The lowest BCUT2D eigenvalue weighted by Crippen LogP contribution is -2.64. The Labute approximate surface area is 545 Å². The highest BCUT2D eigenvalue weighted by atomic mass is 35.5. The van der Waals surface area contributed by atoms with Gasteiger partial charge in [0.2, 0.25) is 41.4 Å². The van der Waals surface area contributed by atoms with E-state index in [1.165, 1.54) is 36.5 Å². The third kappa shape index (κ3) is 20.2. The molecule has 508 valence electrons. The van der Waals surface area contributed by atoms with Crippen LogP contribution in [0.3, 0.4) is 0 Å². The zero-order valence-corrected chi connectivity index (χ0v) is 53.2. The average molecular weight is 1340 g/mol. The number of primary amides is 1. The molecule has 3 saturated heterocycles. The average Bonchev–Trinajstić information content (AvgIpc) is 1.70. The SMILES string of the molecule is COCCCCCCCOc1ccc(-c2nnc(-c3ccc(C(=O)N[C@H]4C[C@H](O)CNC(=O)[C@@H]5[C@@H](O)[C@H](C)CN5C(=O)[C@H]([C@H](O)CCN=C(N)CC(N)=O)NC(=O)[C@H]([C@H](O)Cc5ccc(O)c(O)c5)NC(=O)[C@@H]5C[C@H](O)CN5C(=O)[C@H]([C@H](C)O)NC4=O)cc3)s2)cc1.Cl. The molecule has 3 aromatic carbocycles. The van der Waals surface area contributed by atoms with Gasteiger partial charge in [-0.1, -0.05) is 55.7 Å². The summed E-state index contributed by atoms with van der Waals surface area (Å²) in [5.41, 5.74) is 12.5. The van der Waals surface area contributed by atoms with Crippen molar-refractivity contribution in [2.75, 3.05) is 46.5 Å². The Morgan fingerprint density at radius 1 is 0.731 bits per heavy atom. The molecule has 8 amide bonds. The number of aromatic nitrogens is 2. The van der Waals surface area contributed by atoms with Crippen LogP contribution in [0.15, 0.2) is 71.7 Å². The second-order valence-electron chi connectivity index (χ2n) is 23.2. The fourth-order valence-corrected chi connectivity index (χ4v) is 11.8. The molecule has 17 N–H and O–H groups in total. The number of hydrogen-bond donors (Lipinski definition) is 15. The molecule has 0 radical (unpaired) electrons. The summed E-state index contributed by atoms with van der Waals surface area (Å²) in [5.74, 6) is -10.3. The maximum Gasteiger partial charge on any atom is 0.251 e. The number of phenolic OH excluding ortho intramolecular Hbond substituents is 2. The van der Waals surface area contributed by atoms with Crippen LogP contribution in [-0.4, -0.2) is 233 Å². The second-order valence-corrected chi connectivity index (χ2v) is 24.2. The minimum Gasteiger partial charge on any atom is -0.504 e. The number of hydrogen-bond acceptors (Lipinski definition) is 22. The number of aromatic hydroxyl groups is 2. The highest BCUT2D eigenvalue weighted by Gasteiger charge is 2.50. The summed E-state index contributed by atoms with van der Waals surface area (Å²) in [4.78, 5) is 119. The Bertz CT molecular complexity index is 3250. The van der Waals surface area contributed by atoms with Crippen LogP contribution in [0, 0.1) is 5.92 Å². The molecule has 3 fully saturated rings. The van der Waals surface area contributed by atoms with Gasteiger partial charge in [-0.25, -0.2) is 0 Å². The van der Waals surface area contributed by atoms with Crippen molar-refractivity contribution in [3.8, 4) is 38.4 Å². The van der Waals surface area contributed by atoms with Crippen molar-refractivity contribution in [2.45, 2.75) is 151 Å². The molecule has 93 heavy (non-hydrogen) atoms. The molecule has 4 aromatic rings. The van der Waals surface area contributed by atoms with Crippen molar-refractivity contribution >= 4 is 76.8 Å². The standard InChI is InChI=1S/C61H82N12O18S.ClH/c1-31-29-73-51(52(31)82)57(87)65-28-37(75)25-40(66-53(83)34-10-12-35(13-11-34)58-70-71-59(92-58)36-14-16-39(17-15-36)91-22-8-6-4-5-7-21-90-3)54(84)67-48(32(2)74)60(88)72-30-38(76)26-41(72)55(85)68-49(45(80)24-33-9-18-42(77)44(79)23-33)56(86)69-50(61(73)89)43(78)19-20-64-46(62)27-47(63)81;/h9-18,23,31-32,37-38,40-41,43,45,48-52,74-80,82H,4-8,19-22,24-30H2,1-3H3,(H2,62,64)(H2,63,81)(H,65,87)(H,66,83)(H,67,84)(H,68,85)(H,69,86);1H/t31-,32+,37+,38+,40+,41+,43-,45-,48+,49+,50+,51+,52+;/m1./s1. The van der Waals surface area contributed by atoms with E-state index in [0.717, 1.165) is 73.1 Å². The number of amides is 8. The first-order chi connectivity index (χ1) is 43.8. The molecule has 32 heteroatoms.